The average Bonchev–Trinajstić information content (AvgIpc) is 3.29. The minimum Gasteiger partial charge on any atom is -0.316 e. The number of halogens is 3. The molecule has 0 aliphatic heterocycles. The van der Waals surface area contributed by atoms with E-state index in [0.29, 0.717) is 39.9 Å². The van der Waals surface area contributed by atoms with Crippen molar-refractivity contribution in [2.24, 2.45) is 0 Å². The lowest BCUT2D eigenvalue weighted by Gasteiger charge is -2.07. The number of hydrogen-bond donors (Lipinski definition) is 2. The van der Waals surface area contributed by atoms with Gasteiger partial charge in [0.2, 0.25) is 0 Å². The summed E-state index contributed by atoms with van der Waals surface area (Å²) in [4.78, 5) is 0. The van der Waals surface area contributed by atoms with Gasteiger partial charge in [0.05, 0.1) is 13.1 Å². The summed E-state index contributed by atoms with van der Waals surface area (Å²) in [6.45, 7) is 0.990. The number of rotatable bonds is 6. The first kappa shape index (κ1) is 21.3. The number of hydrogen-bond acceptors (Lipinski definition) is 3. The molecule has 0 saturated heterocycles. The summed E-state index contributed by atoms with van der Waals surface area (Å²) in [5.41, 5.74) is 1.85. The maximum absolute atomic E-state index is 13.4. The Morgan fingerprint density at radius 1 is 0.935 bits per heavy atom. The summed E-state index contributed by atoms with van der Waals surface area (Å²) < 4.78 is 16.8. The largest absolute Gasteiger partial charge is 0.316 e. The predicted octanol–water partition coefficient (Wildman–Crippen LogP) is 5.43. The van der Waals surface area contributed by atoms with E-state index in [0.717, 1.165) is 11.1 Å². The van der Waals surface area contributed by atoms with Crippen LogP contribution in [0.5, 0.6) is 0 Å². The van der Waals surface area contributed by atoms with Crippen molar-refractivity contribution in [3.05, 3.63) is 94.0 Å². The normalized spacial score (nSPS) is 10.8. The first-order valence-electron chi connectivity index (χ1n) is 9.28. The van der Waals surface area contributed by atoms with Gasteiger partial charge in [0.25, 0.3) is 0 Å². The second-order valence-electron chi connectivity index (χ2n) is 6.76. The summed E-state index contributed by atoms with van der Waals surface area (Å²) >= 11 is 17.5. The molecule has 2 aromatic carbocycles. The molecule has 0 radical (unpaired) electrons. The van der Waals surface area contributed by atoms with E-state index in [9.17, 15) is 4.39 Å². The van der Waals surface area contributed by atoms with Gasteiger partial charge in [-0.25, -0.2) is 4.39 Å². The van der Waals surface area contributed by atoms with E-state index >= 15 is 0 Å². The van der Waals surface area contributed by atoms with Crippen LogP contribution < -0.4 is 10.6 Å². The van der Waals surface area contributed by atoms with Gasteiger partial charge in [-0.05, 0) is 47.6 Å². The first-order chi connectivity index (χ1) is 14.9. The Morgan fingerprint density at radius 2 is 1.71 bits per heavy atom. The predicted molar refractivity (Wildman–Crippen MR) is 125 cm³/mol. The third kappa shape index (κ3) is 5.81. The lowest BCUT2D eigenvalue weighted by atomic mass is 10.2. The van der Waals surface area contributed by atoms with Crippen molar-refractivity contribution in [1.29, 1.82) is 0 Å². The van der Waals surface area contributed by atoms with Crippen molar-refractivity contribution in [2.75, 3.05) is 10.6 Å². The third-order valence-electron chi connectivity index (χ3n) is 4.32. The minimum atomic E-state index is -0.296. The Morgan fingerprint density at radius 3 is 2.48 bits per heavy atom. The summed E-state index contributed by atoms with van der Waals surface area (Å²) in [5.74, 6) is 0.688. The SMILES string of the molecule is Fc1cccc(Cn2cc(Cl)c(NC(=S)Nc3ccn(Cc4ccc(Cl)cc4)n3)n2)c1. The molecule has 0 atom stereocenters. The van der Waals surface area contributed by atoms with Crippen LogP contribution in [-0.2, 0) is 13.1 Å². The highest BCUT2D eigenvalue weighted by molar-refractivity contribution is 7.80. The zero-order chi connectivity index (χ0) is 21.8. The van der Waals surface area contributed by atoms with Crippen molar-refractivity contribution in [1.82, 2.24) is 19.6 Å². The molecule has 0 saturated carbocycles. The van der Waals surface area contributed by atoms with Crippen LogP contribution in [0.3, 0.4) is 0 Å². The lowest BCUT2D eigenvalue weighted by Crippen LogP contribution is -2.20. The van der Waals surface area contributed by atoms with Gasteiger partial charge in [-0.15, -0.1) is 0 Å². The Kier molecular flexibility index (Phi) is 6.50. The molecular formula is C21H17Cl2FN6S. The molecule has 0 bridgehead atoms. The van der Waals surface area contributed by atoms with E-state index in [-0.39, 0.29) is 5.82 Å². The maximum Gasteiger partial charge on any atom is 0.177 e. The Hall–Kier alpha value is -2.94. The van der Waals surface area contributed by atoms with E-state index in [1.807, 2.05) is 42.6 Å². The van der Waals surface area contributed by atoms with Crippen LogP contribution in [0.2, 0.25) is 10.0 Å². The molecule has 0 spiro atoms. The number of benzene rings is 2. The van der Waals surface area contributed by atoms with E-state index in [1.54, 1.807) is 21.6 Å². The molecule has 2 N–H and O–H groups in total. The highest BCUT2D eigenvalue weighted by Crippen LogP contribution is 2.20. The van der Waals surface area contributed by atoms with E-state index < -0.39 is 0 Å². The van der Waals surface area contributed by atoms with Gasteiger partial charge in [0, 0.05) is 23.5 Å². The number of aromatic nitrogens is 4. The molecule has 6 nitrogen and oxygen atoms in total. The first-order valence-corrected chi connectivity index (χ1v) is 10.4. The van der Waals surface area contributed by atoms with Gasteiger partial charge in [-0.3, -0.25) is 9.36 Å². The fourth-order valence-electron chi connectivity index (χ4n) is 2.93. The molecule has 2 heterocycles. The quantitative estimate of drug-likeness (QED) is 0.364. The topological polar surface area (TPSA) is 59.7 Å². The van der Waals surface area contributed by atoms with Gasteiger partial charge < -0.3 is 10.6 Å². The number of thiocarbonyl (C=S) groups is 1. The molecule has 2 aromatic heterocycles. The van der Waals surface area contributed by atoms with Gasteiger partial charge >= 0.3 is 0 Å². The lowest BCUT2D eigenvalue weighted by molar-refractivity contribution is 0.619. The molecule has 0 fully saturated rings. The summed E-state index contributed by atoms with van der Waals surface area (Å²) in [7, 11) is 0. The van der Waals surface area contributed by atoms with Crippen LogP contribution in [0.4, 0.5) is 16.0 Å². The van der Waals surface area contributed by atoms with Gasteiger partial charge in [-0.2, -0.15) is 10.2 Å². The van der Waals surface area contributed by atoms with Crippen LogP contribution in [0.25, 0.3) is 0 Å². The molecule has 0 aliphatic carbocycles. The number of nitrogens with one attached hydrogen (secondary N) is 2. The summed E-state index contributed by atoms with van der Waals surface area (Å²) in [5, 5.41) is 16.2. The Balaban J connectivity index is 1.35. The second-order valence-corrected chi connectivity index (χ2v) is 8.01. The molecule has 4 rings (SSSR count). The standard InChI is InChI=1S/C21H17Cl2FN6S/c22-16-6-4-14(5-7-16)11-29-9-8-19(27-29)25-21(31)26-20-18(23)13-30(28-20)12-15-2-1-3-17(24)10-15/h1-10,13H,11-12H2,(H2,25,26,27,28,31). The zero-order valence-corrected chi connectivity index (χ0v) is 18.4. The number of nitrogens with zero attached hydrogens (tertiary/aromatic N) is 4. The fraction of sp³-hybridized carbons (Fsp3) is 0.0952. The van der Waals surface area contributed by atoms with Crippen molar-refractivity contribution >= 4 is 52.2 Å². The molecule has 10 heteroatoms. The summed E-state index contributed by atoms with van der Waals surface area (Å²) in [6, 6.07) is 15.7. The van der Waals surface area contributed by atoms with Gasteiger partial charge in [0.15, 0.2) is 16.7 Å². The minimum absolute atomic E-state index is 0.296. The molecule has 4 aromatic rings. The van der Waals surface area contributed by atoms with E-state index in [1.165, 1.54) is 12.1 Å². The summed E-state index contributed by atoms with van der Waals surface area (Å²) in [6.07, 6.45) is 3.50. The van der Waals surface area contributed by atoms with E-state index in [2.05, 4.69) is 20.8 Å². The third-order valence-corrected chi connectivity index (χ3v) is 5.06. The highest BCUT2D eigenvalue weighted by atomic mass is 35.5. The van der Waals surface area contributed by atoms with Gasteiger partial charge in [0.1, 0.15) is 10.8 Å². The van der Waals surface area contributed by atoms with Crippen LogP contribution in [0.15, 0.2) is 67.0 Å². The van der Waals surface area contributed by atoms with Crippen molar-refractivity contribution in [3.8, 4) is 0 Å². The molecular weight excluding hydrogens is 458 g/mol. The van der Waals surface area contributed by atoms with Crippen LogP contribution in [0, 0.1) is 5.82 Å². The van der Waals surface area contributed by atoms with Crippen LogP contribution >= 0.6 is 35.4 Å². The fourth-order valence-corrected chi connectivity index (χ4v) is 3.46. The monoisotopic (exact) mass is 474 g/mol. The van der Waals surface area contributed by atoms with Crippen molar-refractivity contribution < 1.29 is 4.39 Å². The van der Waals surface area contributed by atoms with Crippen LogP contribution in [0.1, 0.15) is 11.1 Å². The number of anilines is 2. The Labute approximate surface area is 193 Å². The molecule has 0 unspecified atom stereocenters. The maximum atomic E-state index is 13.4. The highest BCUT2D eigenvalue weighted by Gasteiger charge is 2.10. The van der Waals surface area contributed by atoms with Crippen molar-refractivity contribution in [3.63, 3.8) is 0 Å². The molecule has 0 amide bonds. The molecule has 158 valence electrons. The van der Waals surface area contributed by atoms with Crippen molar-refractivity contribution in [2.45, 2.75) is 13.1 Å². The van der Waals surface area contributed by atoms with Gasteiger partial charge in [-0.1, -0.05) is 47.5 Å². The second kappa shape index (κ2) is 9.47. The zero-order valence-electron chi connectivity index (χ0n) is 16.1. The molecule has 0 aliphatic rings. The smallest absolute Gasteiger partial charge is 0.177 e. The molecule has 31 heavy (non-hydrogen) atoms. The Bertz CT molecular complexity index is 1200. The van der Waals surface area contributed by atoms with Crippen LogP contribution in [-0.4, -0.2) is 24.7 Å². The van der Waals surface area contributed by atoms with E-state index in [4.69, 9.17) is 35.4 Å². The average molecular weight is 475 g/mol.